The van der Waals surface area contributed by atoms with Crippen molar-refractivity contribution in [2.45, 2.75) is 18.2 Å². The summed E-state index contributed by atoms with van der Waals surface area (Å²) >= 11 is 7.93. The lowest BCUT2D eigenvalue weighted by atomic mass is 10.3. The maximum Gasteiger partial charge on any atom is 0.0738 e. The Morgan fingerprint density at radius 1 is 2.00 bits per heavy atom. The number of hydrogen-bond donors (Lipinski definition) is 1. The third-order valence-electron chi connectivity index (χ3n) is 0.482. The zero-order valence-electron chi connectivity index (χ0n) is 4.15. The molecule has 0 heterocycles. The van der Waals surface area contributed by atoms with Crippen LogP contribution >= 0.6 is 28.1 Å². The molecule has 1 atom stereocenters. The molecule has 0 aliphatic heterocycles. The van der Waals surface area contributed by atoms with Gasteiger partial charge in [-0.05, 0) is 0 Å². The van der Waals surface area contributed by atoms with Crippen molar-refractivity contribution >= 4 is 33.1 Å². The lowest BCUT2D eigenvalue weighted by Crippen LogP contribution is -2.11. The maximum absolute atomic E-state index is 5.19. The number of rotatable bonds is 2. The first-order valence-electron chi connectivity index (χ1n) is 2.05. The Labute approximate surface area is 57.4 Å². The Morgan fingerprint density at radius 3 is 2.43 bits per heavy atom. The van der Waals surface area contributed by atoms with Crippen LogP contribution in [0.2, 0.25) is 0 Å². The van der Waals surface area contributed by atoms with Gasteiger partial charge >= 0.3 is 0 Å². The van der Waals surface area contributed by atoms with Crippen LogP contribution in [0.4, 0.5) is 0 Å². The minimum absolute atomic E-state index is 0.421. The van der Waals surface area contributed by atoms with Crippen LogP contribution in [0.3, 0.4) is 0 Å². The SMILES string of the molecule is C[C@H](Br)CC(N)=S. The van der Waals surface area contributed by atoms with Gasteiger partial charge in [0.2, 0.25) is 0 Å². The van der Waals surface area contributed by atoms with Gasteiger partial charge in [0.15, 0.2) is 0 Å². The highest BCUT2D eigenvalue weighted by molar-refractivity contribution is 9.09. The van der Waals surface area contributed by atoms with Gasteiger partial charge < -0.3 is 5.73 Å². The van der Waals surface area contributed by atoms with Crippen molar-refractivity contribution in [2.24, 2.45) is 5.73 Å². The number of nitrogens with two attached hydrogens (primary N) is 1. The molecule has 0 aliphatic carbocycles. The third kappa shape index (κ3) is 6.37. The van der Waals surface area contributed by atoms with E-state index in [1.54, 1.807) is 0 Å². The van der Waals surface area contributed by atoms with Crippen LogP contribution in [0.5, 0.6) is 0 Å². The van der Waals surface area contributed by atoms with Crippen LogP contribution in [0.1, 0.15) is 13.3 Å². The molecule has 0 unspecified atom stereocenters. The number of alkyl halides is 1. The van der Waals surface area contributed by atoms with E-state index >= 15 is 0 Å². The zero-order chi connectivity index (χ0) is 5.86. The monoisotopic (exact) mass is 181 g/mol. The zero-order valence-corrected chi connectivity index (χ0v) is 6.55. The molecule has 42 valence electrons. The first kappa shape index (κ1) is 7.37. The second kappa shape index (κ2) is 3.38. The number of hydrogen-bond acceptors (Lipinski definition) is 1. The molecule has 3 heteroatoms. The van der Waals surface area contributed by atoms with Crippen molar-refractivity contribution in [3.63, 3.8) is 0 Å². The van der Waals surface area contributed by atoms with Gasteiger partial charge in [0, 0.05) is 11.2 Å². The van der Waals surface area contributed by atoms with Gasteiger partial charge in [-0.3, -0.25) is 0 Å². The lowest BCUT2D eigenvalue weighted by Gasteiger charge is -1.96. The van der Waals surface area contributed by atoms with Gasteiger partial charge in [0.05, 0.1) is 4.99 Å². The van der Waals surface area contributed by atoms with Crippen molar-refractivity contribution in [2.75, 3.05) is 0 Å². The summed E-state index contributed by atoms with van der Waals surface area (Å²) in [6.45, 7) is 2.01. The van der Waals surface area contributed by atoms with Crippen LogP contribution in [-0.4, -0.2) is 9.82 Å². The maximum atomic E-state index is 5.19. The summed E-state index contributed by atoms with van der Waals surface area (Å²) < 4.78 is 0. The second-order valence-corrected chi connectivity index (χ2v) is 3.54. The third-order valence-corrected chi connectivity index (χ3v) is 0.973. The molecule has 0 aromatic heterocycles. The predicted molar refractivity (Wildman–Crippen MR) is 39.8 cm³/mol. The summed E-state index contributed by atoms with van der Waals surface area (Å²) in [7, 11) is 0. The van der Waals surface area contributed by atoms with E-state index in [0.717, 1.165) is 6.42 Å². The molecule has 0 fully saturated rings. The molecule has 0 amide bonds. The molecule has 0 rings (SSSR count). The molecule has 0 aromatic carbocycles. The van der Waals surface area contributed by atoms with Crippen molar-refractivity contribution in [3.8, 4) is 0 Å². The molecule has 2 N–H and O–H groups in total. The Hall–Kier alpha value is 0.370. The Balaban J connectivity index is 3.13. The summed E-state index contributed by atoms with van der Waals surface area (Å²) in [4.78, 5) is 0.995. The minimum atomic E-state index is 0.421. The highest BCUT2D eigenvalue weighted by Crippen LogP contribution is 2.01. The van der Waals surface area contributed by atoms with Crippen molar-refractivity contribution in [1.82, 2.24) is 0 Å². The molecule has 0 aliphatic rings. The summed E-state index contributed by atoms with van der Waals surface area (Å²) in [6.07, 6.45) is 0.787. The summed E-state index contributed by atoms with van der Waals surface area (Å²) in [5.41, 5.74) is 5.19. The summed E-state index contributed by atoms with van der Waals surface area (Å²) in [6, 6.07) is 0. The lowest BCUT2D eigenvalue weighted by molar-refractivity contribution is 1.04. The van der Waals surface area contributed by atoms with Crippen LogP contribution < -0.4 is 5.73 Å². The van der Waals surface area contributed by atoms with E-state index in [2.05, 4.69) is 28.1 Å². The van der Waals surface area contributed by atoms with Crippen LogP contribution in [0.25, 0.3) is 0 Å². The molecule has 0 saturated heterocycles. The van der Waals surface area contributed by atoms with Gasteiger partial charge in [-0.25, -0.2) is 0 Å². The van der Waals surface area contributed by atoms with E-state index in [1.807, 2.05) is 6.92 Å². The van der Waals surface area contributed by atoms with E-state index in [-0.39, 0.29) is 0 Å². The van der Waals surface area contributed by atoms with Crippen molar-refractivity contribution in [1.29, 1.82) is 0 Å². The first-order valence-corrected chi connectivity index (χ1v) is 3.37. The van der Waals surface area contributed by atoms with E-state index in [0.29, 0.717) is 9.82 Å². The molecule has 1 nitrogen and oxygen atoms in total. The average Bonchev–Trinajstić information content (AvgIpc) is 1.27. The van der Waals surface area contributed by atoms with Crippen LogP contribution in [0, 0.1) is 0 Å². The van der Waals surface area contributed by atoms with E-state index in [4.69, 9.17) is 5.73 Å². The van der Waals surface area contributed by atoms with Gasteiger partial charge in [0.1, 0.15) is 0 Å². The highest BCUT2D eigenvalue weighted by atomic mass is 79.9. The van der Waals surface area contributed by atoms with Gasteiger partial charge in [-0.1, -0.05) is 35.1 Å². The highest BCUT2D eigenvalue weighted by Gasteiger charge is 1.94. The molecule has 0 radical (unpaired) electrons. The fourth-order valence-electron chi connectivity index (χ4n) is 0.277. The Kier molecular flexibility index (Phi) is 3.56. The van der Waals surface area contributed by atoms with Gasteiger partial charge in [-0.15, -0.1) is 0 Å². The van der Waals surface area contributed by atoms with Crippen molar-refractivity contribution < 1.29 is 0 Å². The quantitative estimate of drug-likeness (QED) is 0.516. The standard InChI is InChI=1S/C4H8BrNS/c1-3(5)2-4(6)7/h3H,2H2,1H3,(H2,6,7)/t3-/m0/s1. The summed E-state index contributed by atoms with van der Waals surface area (Å²) in [5, 5.41) is 0. The normalized spacial score (nSPS) is 13.4. The Morgan fingerprint density at radius 2 is 2.43 bits per heavy atom. The fourth-order valence-corrected chi connectivity index (χ4v) is 1.09. The van der Waals surface area contributed by atoms with Crippen LogP contribution in [0.15, 0.2) is 0 Å². The largest absolute Gasteiger partial charge is 0.393 e. The summed E-state index contributed by atoms with van der Waals surface area (Å²) in [5.74, 6) is 0. The predicted octanol–water partition coefficient (Wildman–Crippen LogP) is 1.45. The average molecular weight is 182 g/mol. The molecular formula is C4H8BrNS. The molecule has 7 heavy (non-hydrogen) atoms. The number of thiocarbonyl (C=S) groups is 1. The molecule has 0 saturated carbocycles. The van der Waals surface area contributed by atoms with Crippen molar-refractivity contribution in [3.05, 3.63) is 0 Å². The van der Waals surface area contributed by atoms with E-state index in [9.17, 15) is 0 Å². The topological polar surface area (TPSA) is 26.0 Å². The second-order valence-electron chi connectivity index (χ2n) is 1.45. The smallest absolute Gasteiger partial charge is 0.0738 e. The molecule has 0 bridgehead atoms. The van der Waals surface area contributed by atoms with Gasteiger partial charge in [0.25, 0.3) is 0 Å². The molecular weight excluding hydrogens is 174 g/mol. The van der Waals surface area contributed by atoms with Crippen LogP contribution in [-0.2, 0) is 0 Å². The first-order chi connectivity index (χ1) is 3.13. The Bertz CT molecular complexity index is 72.1. The number of halogens is 1. The molecule has 0 spiro atoms. The fraction of sp³-hybridized carbons (Fsp3) is 0.750. The van der Waals surface area contributed by atoms with E-state index < -0.39 is 0 Å². The van der Waals surface area contributed by atoms with Gasteiger partial charge in [-0.2, -0.15) is 0 Å². The van der Waals surface area contributed by atoms with E-state index in [1.165, 1.54) is 0 Å². The molecule has 0 aromatic rings. The minimum Gasteiger partial charge on any atom is -0.393 e.